The Labute approximate surface area is 164 Å². The van der Waals surface area contributed by atoms with Crippen LogP contribution in [0.3, 0.4) is 0 Å². The second kappa shape index (κ2) is 7.23. The predicted octanol–water partition coefficient (Wildman–Crippen LogP) is 4.38. The van der Waals surface area contributed by atoms with Crippen LogP contribution in [-0.4, -0.2) is 15.7 Å². The SMILES string of the molecule is CC1(C)Cc2c(cnn2-c2ccccc2)[C@H](NC(=O)Cc2ccc(F)cc2)C1. The molecule has 5 heteroatoms. The fraction of sp³-hybridized carbons (Fsp3) is 0.304. The highest BCUT2D eigenvalue weighted by Crippen LogP contribution is 2.41. The highest BCUT2D eigenvalue weighted by molar-refractivity contribution is 5.79. The monoisotopic (exact) mass is 377 g/mol. The van der Waals surface area contributed by atoms with E-state index in [0.29, 0.717) is 0 Å². The average Bonchev–Trinajstić information content (AvgIpc) is 3.07. The van der Waals surface area contributed by atoms with E-state index in [9.17, 15) is 9.18 Å². The number of aromatic nitrogens is 2. The molecule has 0 unspecified atom stereocenters. The van der Waals surface area contributed by atoms with Crippen LogP contribution in [0.15, 0.2) is 60.8 Å². The Morgan fingerprint density at radius 2 is 1.89 bits per heavy atom. The molecule has 0 aliphatic heterocycles. The number of amides is 1. The molecule has 1 N–H and O–H groups in total. The highest BCUT2D eigenvalue weighted by Gasteiger charge is 2.35. The molecular formula is C23H24FN3O. The van der Waals surface area contributed by atoms with Crippen molar-refractivity contribution in [2.75, 3.05) is 0 Å². The van der Waals surface area contributed by atoms with Gasteiger partial charge < -0.3 is 5.32 Å². The van der Waals surface area contributed by atoms with Gasteiger partial charge in [-0.2, -0.15) is 5.10 Å². The number of hydrogen-bond acceptors (Lipinski definition) is 2. The Morgan fingerprint density at radius 1 is 1.18 bits per heavy atom. The number of nitrogens with zero attached hydrogens (tertiary/aromatic N) is 2. The van der Waals surface area contributed by atoms with Crippen LogP contribution in [0, 0.1) is 11.2 Å². The summed E-state index contributed by atoms with van der Waals surface area (Å²) in [7, 11) is 0. The normalized spacial score (nSPS) is 17.8. The molecular weight excluding hydrogens is 353 g/mol. The highest BCUT2D eigenvalue weighted by atomic mass is 19.1. The first kappa shape index (κ1) is 18.4. The van der Waals surface area contributed by atoms with Crippen LogP contribution >= 0.6 is 0 Å². The van der Waals surface area contributed by atoms with Gasteiger partial charge in [0.15, 0.2) is 0 Å². The zero-order chi connectivity index (χ0) is 19.7. The van der Waals surface area contributed by atoms with Crippen molar-refractivity contribution in [2.24, 2.45) is 5.41 Å². The van der Waals surface area contributed by atoms with Crippen molar-refractivity contribution >= 4 is 5.91 Å². The lowest BCUT2D eigenvalue weighted by Crippen LogP contribution is -2.37. The van der Waals surface area contributed by atoms with E-state index in [1.807, 2.05) is 41.2 Å². The summed E-state index contributed by atoms with van der Waals surface area (Å²) < 4.78 is 15.1. The third-order valence-corrected chi connectivity index (χ3v) is 5.29. The van der Waals surface area contributed by atoms with Gasteiger partial charge in [0.1, 0.15) is 5.82 Å². The van der Waals surface area contributed by atoms with Gasteiger partial charge in [-0.15, -0.1) is 0 Å². The molecule has 1 heterocycles. The quantitative estimate of drug-likeness (QED) is 0.733. The second-order valence-corrected chi connectivity index (χ2v) is 8.26. The lowest BCUT2D eigenvalue weighted by atomic mass is 9.74. The van der Waals surface area contributed by atoms with E-state index in [-0.39, 0.29) is 29.6 Å². The van der Waals surface area contributed by atoms with E-state index in [1.165, 1.54) is 12.1 Å². The molecule has 0 saturated heterocycles. The van der Waals surface area contributed by atoms with Crippen molar-refractivity contribution < 1.29 is 9.18 Å². The van der Waals surface area contributed by atoms with Gasteiger partial charge >= 0.3 is 0 Å². The molecule has 0 saturated carbocycles. The molecule has 2 aromatic carbocycles. The van der Waals surface area contributed by atoms with Crippen LogP contribution in [0.1, 0.15) is 43.1 Å². The largest absolute Gasteiger partial charge is 0.349 e. The van der Waals surface area contributed by atoms with Gasteiger partial charge in [0.2, 0.25) is 5.91 Å². The summed E-state index contributed by atoms with van der Waals surface area (Å²) in [6.45, 7) is 4.44. The van der Waals surface area contributed by atoms with Crippen LogP contribution in [-0.2, 0) is 17.6 Å². The number of carbonyl (C=O) groups excluding carboxylic acids is 1. The molecule has 0 fully saturated rings. The maximum atomic E-state index is 13.1. The predicted molar refractivity (Wildman–Crippen MR) is 107 cm³/mol. The Bertz CT molecular complexity index is 977. The molecule has 0 radical (unpaired) electrons. The van der Waals surface area contributed by atoms with Crippen LogP contribution in [0.2, 0.25) is 0 Å². The Hall–Kier alpha value is -2.95. The lowest BCUT2D eigenvalue weighted by Gasteiger charge is -2.36. The molecule has 0 spiro atoms. The summed E-state index contributed by atoms with van der Waals surface area (Å²) in [4.78, 5) is 12.6. The summed E-state index contributed by atoms with van der Waals surface area (Å²) in [5, 5.41) is 7.78. The van der Waals surface area contributed by atoms with E-state index in [1.54, 1.807) is 12.1 Å². The van der Waals surface area contributed by atoms with Gasteiger partial charge in [-0.1, -0.05) is 44.2 Å². The molecule has 1 aliphatic rings. The minimum atomic E-state index is -0.295. The van der Waals surface area contributed by atoms with E-state index in [0.717, 1.165) is 35.3 Å². The topological polar surface area (TPSA) is 46.9 Å². The fourth-order valence-electron chi connectivity index (χ4n) is 4.00. The van der Waals surface area contributed by atoms with Crippen molar-refractivity contribution in [3.63, 3.8) is 0 Å². The minimum Gasteiger partial charge on any atom is -0.349 e. The van der Waals surface area contributed by atoms with Gasteiger partial charge in [0.05, 0.1) is 30.0 Å². The molecule has 3 aromatic rings. The molecule has 0 bridgehead atoms. The molecule has 144 valence electrons. The number of nitrogens with one attached hydrogen (secondary N) is 1. The van der Waals surface area contributed by atoms with Gasteiger partial charge in [-0.3, -0.25) is 4.79 Å². The standard InChI is InChI=1S/C23H24FN3O/c1-23(2)13-20(26-22(28)12-16-8-10-17(24)11-9-16)19-15-25-27(21(19)14-23)18-6-4-3-5-7-18/h3-11,15,20H,12-14H2,1-2H3,(H,26,28)/t20-/m1/s1. The smallest absolute Gasteiger partial charge is 0.224 e. The summed E-state index contributed by atoms with van der Waals surface area (Å²) in [6.07, 6.45) is 3.87. The second-order valence-electron chi connectivity index (χ2n) is 8.26. The lowest BCUT2D eigenvalue weighted by molar-refractivity contribution is -0.121. The first-order valence-corrected chi connectivity index (χ1v) is 9.57. The molecule has 28 heavy (non-hydrogen) atoms. The van der Waals surface area contributed by atoms with Crippen LogP contribution in [0.4, 0.5) is 4.39 Å². The van der Waals surface area contributed by atoms with Crippen molar-refractivity contribution in [3.05, 3.63) is 83.4 Å². The number of fused-ring (bicyclic) bond motifs is 1. The molecule has 1 aliphatic carbocycles. The number of para-hydroxylation sites is 1. The number of benzene rings is 2. The van der Waals surface area contributed by atoms with E-state index >= 15 is 0 Å². The van der Waals surface area contributed by atoms with Crippen LogP contribution in [0.5, 0.6) is 0 Å². The summed E-state index contributed by atoms with van der Waals surface area (Å²) in [5.74, 6) is -0.358. The van der Waals surface area contributed by atoms with Gasteiger partial charge in [-0.25, -0.2) is 9.07 Å². The fourth-order valence-corrected chi connectivity index (χ4v) is 4.00. The third kappa shape index (κ3) is 3.84. The molecule has 1 amide bonds. The van der Waals surface area contributed by atoms with Crippen LogP contribution in [0.25, 0.3) is 5.69 Å². The van der Waals surface area contributed by atoms with Crippen molar-refractivity contribution in [1.82, 2.24) is 15.1 Å². The van der Waals surface area contributed by atoms with Gasteiger partial charge in [0.25, 0.3) is 0 Å². The summed E-state index contributed by atoms with van der Waals surface area (Å²) in [6, 6.07) is 16.1. The molecule has 4 rings (SSSR count). The summed E-state index contributed by atoms with van der Waals surface area (Å²) in [5.41, 5.74) is 4.10. The maximum absolute atomic E-state index is 13.1. The van der Waals surface area contributed by atoms with Crippen LogP contribution < -0.4 is 5.32 Å². The molecule has 1 aromatic heterocycles. The Balaban J connectivity index is 1.58. The minimum absolute atomic E-state index is 0.0490. The van der Waals surface area contributed by atoms with E-state index in [2.05, 4.69) is 24.3 Å². The first-order valence-electron chi connectivity index (χ1n) is 9.57. The van der Waals surface area contributed by atoms with E-state index in [4.69, 9.17) is 0 Å². The Kier molecular flexibility index (Phi) is 4.75. The first-order chi connectivity index (χ1) is 13.4. The number of hydrogen-bond donors (Lipinski definition) is 1. The zero-order valence-corrected chi connectivity index (χ0v) is 16.2. The number of rotatable bonds is 4. The van der Waals surface area contributed by atoms with Crippen molar-refractivity contribution in [2.45, 2.75) is 39.2 Å². The average molecular weight is 377 g/mol. The third-order valence-electron chi connectivity index (χ3n) is 5.29. The summed E-state index contributed by atoms with van der Waals surface area (Å²) >= 11 is 0. The Morgan fingerprint density at radius 3 is 2.61 bits per heavy atom. The maximum Gasteiger partial charge on any atom is 0.224 e. The van der Waals surface area contributed by atoms with E-state index < -0.39 is 0 Å². The van der Waals surface area contributed by atoms with Gasteiger partial charge in [-0.05, 0) is 48.1 Å². The van der Waals surface area contributed by atoms with Crippen molar-refractivity contribution in [1.29, 1.82) is 0 Å². The number of halogens is 1. The zero-order valence-electron chi connectivity index (χ0n) is 16.2. The number of carbonyl (C=O) groups is 1. The molecule has 1 atom stereocenters. The molecule has 4 nitrogen and oxygen atoms in total. The van der Waals surface area contributed by atoms with Gasteiger partial charge in [0, 0.05) is 5.56 Å². The van der Waals surface area contributed by atoms with Crippen molar-refractivity contribution in [3.8, 4) is 5.69 Å².